The lowest BCUT2D eigenvalue weighted by Crippen LogP contribution is -2.20. The van der Waals surface area contributed by atoms with Crippen molar-refractivity contribution in [1.29, 1.82) is 0 Å². The smallest absolute Gasteiger partial charge is 0.481 e. The molecule has 104 valence electrons. The fourth-order valence-electron chi connectivity index (χ4n) is 1.18. The van der Waals surface area contributed by atoms with Crippen molar-refractivity contribution in [3.63, 3.8) is 0 Å². The Morgan fingerprint density at radius 3 is 2.58 bits per heavy atom. The maximum Gasteiger partial charge on any atom is 0.573 e. The molecule has 0 saturated heterocycles. The van der Waals surface area contributed by atoms with E-state index >= 15 is 0 Å². The Labute approximate surface area is 116 Å². The predicted octanol–water partition coefficient (Wildman–Crippen LogP) is 2.12. The summed E-state index contributed by atoms with van der Waals surface area (Å²) in [5.74, 6) is -3.84. The first-order chi connectivity index (χ1) is 8.60. The molecule has 1 rings (SSSR count). The van der Waals surface area contributed by atoms with Gasteiger partial charge < -0.3 is 20.0 Å². The van der Waals surface area contributed by atoms with Crippen LogP contribution in [0.4, 0.5) is 19.0 Å². The van der Waals surface area contributed by atoms with Crippen LogP contribution in [0.25, 0.3) is 0 Å². The summed E-state index contributed by atoms with van der Waals surface area (Å²) >= 11 is 1.52. The summed E-state index contributed by atoms with van der Waals surface area (Å²) in [7, 11) is 0. The third kappa shape index (κ3) is 4.50. The van der Waals surface area contributed by atoms with Crippen molar-refractivity contribution in [2.24, 2.45) is 0 Å². The highest BCUT2D eigenvalue weighted by atomic mass is 127. The number of halogens is 4. The zero-order valence-electron chi connectivity index (χ0n) is 8.77. The Bertz CT molecular complexity index is 534. The van der Waals surface area contributed by atoms with E-state index < -0.39 is 40.8 Å². The van der Waals surface area contributed by atoms with Crippen LogP contribution in [-0.4, -0.2) is 27.3 Å². The Morgan fingerprint density at radius 1 is 1.58 bits per heavy atom. The van der Waals surface area contributed by atoms with Gasteiger partial charge in [0.15, 0.2) is 0 Å². The number of aliphatic carboxylic acids is 1. The molecular weight excluding hydrogens is 388 g/mol. The third-order valence-corrected chi connectivity index (χ3v) is 2.29. The van der Waals surface area contributed by atoms with Gasteiger partial charge in [-0.25, -0.2) is 0 Å². The number of carboxylic acid groups (broad SMARTS) is 1. The quantitative estimate of drug-likeness (QED) is 0.365. The second-order valence-corrected chi connectivity index (χ2v) is 4.24. The van der Waals surface area contributed by atoms with E-state index in [2.05, 4.69) is 9.72 Å². The minimum Gasteiger partial charge on any atom is -0.481 e. The maximum absolute atomic E-state index is 12.2. The fraction of sp³-hybridized carbons (Fsp3) is 0.250. The number of ether oxygens (including phenoxy) is 1. The summed E-state index contributed by atoms with van der Waals surface area (Å²) in [5, 5.41) is 19.2. The van der Waals surface area contributed by atoms with Gasteiger partial charge in [-0.05, 0) is 9.91 Å². The maximum atomic E-state index is 12.2. The molecule has 0 atom stereocenters. The minimum atomic E-state index is -5.19. The van der Waals surface area contributed by atoms with Gasteiger partial charge in [-0.2, -0.15) is 0 Å². The number of pyridine rings is 1. The Hall–Kier alpha value is -1.66. The third-order valence-electron chi connectivity index (χ3n) is 1.73. The zero-order chi connectivity index (χ0) is 14.8. The van der Waals surface area contributed by atoms with Crippen LogP contribution in [-0.2, 0) is 11.2 Å². The van der Waals surface area contributed by atoms with Gasteiger partial charge in [0.2, 0.25) is 9.45 Å². The van der Waals surface area contributed by atoms with Crippen LogP contribution in [0.1, 0.15) is 5.56 Å². The molecule has 0 radical (unpaired) electrons. The van der Waals surface area contributed by atoms with Gasteiger partial charge in [0.05, 0.1) is 6.42 Å². The molecule has 0 aromatic carbocycles. The molecule has 0 aliphatic carbocycles. The highest BCUT2D eigenvalue weighted by molar-refractivity contribution is 14.1. The summed E-state index contributed by atoms with van der Waals surface area (Å²) in [6, 6.07) is 0.975. The Kier molecular flexibility index (Phi) is 4.49. The number of nitro groups is 1. The number of carbonyl (C=O) groups is 1. The van der Waals surface area contributed by atoms with Crippen molar-refractivity contribution in [3.8, 4) is 5.75 Å². The van der Waals surface area contributed by atoms with Crippen LogP contribution >= 0.6 is 22.6 Å². The van der Waals surface area contributed by atoms with E-state index in [0.717, 1.165) is 6.07 Å². The lowest BCUT2D eigenvalue weighted by Gasteiger charge is -2.11. The molecule has 11 heteroatoms. The molecule has 0 amide bonds. The largest absolute Gasteiger partial charge is 0.573 e. The van der Waals surface area contributed by atoms with E-state index in [0.29, 0.717) is 0 Å². The van der Waals surface area contributed by atoms with Gasteiger partial charge in [0, 0.05) is 34.2 Å². The predicted molar refractivity (Wildman–Crippen MR) is 61.6 cm³/mol. The zero-order valence-corrected chi connectivity index (χ0v) is 10.9. The number of hydrogen-bond donors (Lipinski definition) is 1. The van der Waals surface area contributed by atoms with Gasteiger partial charge in [-0.1, -0.05) is 0 Å². The summed E-state index contributed by atoms with van der Waals surface area (Å²) in [4.78, 5) is 23.3. The van der Waals surface area contributed by atoms with Gasteiger partial charge in [0.25, 0.3) is 0 Å². The van der Waals surface area contributed by atoms with Gasteiger partial charge >= 0.3 is 18.1 Å². The van der Waals surface area contributed by atoms with Crippen LogP contribution in [0.15, 0.2) is 6.07 Å². The molecule has 0 bridgehead atoms. The van der Waals surface area contributed by atoms with Gasteiger partial charge in [-0.3, -0.25) is 4.79 Å². The fourth-order valence-corrected chi connectivity index (χ4v) is 1.79. The summed E-state index contributed by atoms with van der Waals surface area (Å²) in [5.41, 5.74) is -0.476. The molecule has 19 heavy (non-hydrogen) atoms. The molecule has 1 heterocycles. The lowest BCUT2D eigenvalue weighted by atomic mass is 10.2. The van der Waals surface area contributed by atoms with Crippen molar-refractivity contribution in [2.45, 2.75) is 12.8 Å². The molecule has 0 aliphatic rings. The Morgan fingerprint density at radius 2 is 2.16 bits per heavy atom. The van der Waals surface area contributed by atoms with E-state index in [-0.39, 0.29) is 3.70 Å². The molecule has 0 fully saturated rings. The average molecular weight is 392 g/mol. The van der Waals surface area contributed by atoms with Crippen molar-refractivity contribution < 1.29 is 32.7 Å². The van der Waals surface area contributed by atoms with E-state index in [4.69, 9.17) is 5.11 Å². The summed E-state index contributed by atoms with van der Waals surface area (Å²) < 4.78 is 40.0. The monoisotopic (exact) mass is 392 g/mol. The van der Waals surface area contributed by atoms with Crippen LogP contribution in [0.3, 0.4) is 0 Å². The minimum absolute atomic E-state index is 0.0184. The Balaban J connectivity index is 3.42. The number of aromatic nitrogens is 1. The second-order valence-electron chi connectivity index (χ2n) is 3.13. The number of hydrogen-bond acceptors (Lipinski definition) is 5. The molecule has 7 nitrogen and oxygen atoms in total. The second kappa shape index (κ2) is 5.54. The first-order valence-corrected chi connectivity index (χ1v) is 5.49. The molecule has 1 N–H and O–H groups in total. The molecular formula is C8H4F3IN2O5. The van der Waals surface area contributed by atoms with Gasteiger partial charge in [0.1, 0.15) is 0 Å². The SMILES string of the molecule is O=C(O)Cc1cc(I)nc([N+](=O)[O-])c1OC(F)(F)F. The standard InChI is InChI=1S/C8H4F3IN2O5/c9-8(10,11)19-6-3(2-5(15)16)1-4(12)13-7(6)14(17)18/h1H,2H2,(H,15,16). The first kappa shape index (κ1) is 15.4. The van der Waals surface area contributed by atoms with E-state index in [1.54, 1.807) is 0 Å². The van der Waals surface area contributed by atoms with E-state index in [9.17, 15) is 28.1 Å². The average Bonchev–Trinajstić information content (AvgIpc) is 2.18. The molecule has 0 unspecified atom stereocenters. The van der Waals surface area contributed by atoms with Crippen molar-refractivity contribution in [3.05, 3.63) is 25.4 Å². The lowest BCUT2D eigenvalue weighted by molar-refractivity contribution is -0.393. The van der Waals surface area contributed by atoms with Crippen molar-refractivity contribution in [1.82, 2.24) is 4.98 Å². The summed E-state index contributed by atoms with van der Waals surface area (Å²) in [6.45, 7) is 0. The molecule has 0 saturated carbocycles. The normalized spacial score (nSPS) is 11.2. The van der Waals surface area contributed by atoms with Gasteiger partial charge in [-0.15, -0.1) is 13.2 Å². The highest BCUT2D eigenvalue weighted by Gasteiger charge is 2.37. The van der Waals surface area contributed by atoms with E-state index in [1.165, 1.54) is 22.6 Å². The number of carboxylic acids is 1. The highest BCUT2D eigenvalue weighted by Crippen LogP contribution is 2.35. The first-order valence-electron chi connectivity index (χ1n) is 4.41. The van der Waals surface area contributed by atoms with Crippen molar-refractivity contribution in [2.75, 3.05) is 0 Å². The molecule has 0 aliphatic heterocycles. The van der Waals surface area contributed by atoms with Crippen LogP contribution in [0.2, 0.25) is 0 Å². The molecule has 1 aromatic heterocycles. The van der Waals surface area contributed by atoms with E-state index in [1.807, 2.05) is 0 Å². The van der Waals surface area contributed by atoms with Crippen LogP contribution < -0.4 is 4.74 Å². The van der Waals surface area contributed by atoms with Crippen LogP contribution in [0, 0.1) is 13.8 Å². The number of nitrogens with zero attached hydrogens (tertiary/aromatic N) is 2. The number of rotatable bonds is 4. The van der Waals surface area contributed by atoms with Crippen LogP contribution in [0.5, 0.6) is 5.75 Å². The van der Waals surface area contributed by atoms with Crippen molar-refractivity contribution >= 4 is 34.4 Å². The topological polar surface area (TPSA) is 103 Å². The summed E-state index contributed by atoms with van der Waals surface area (Å²) in [6.07, 6.45) is -6.04. The molecule has 0 spiro atoms. The number of alkyl halides is 3. The molecule has 1 aromatic rings.